The summed E-state index contributed by atoms with van der Waals surface area (Å²) in [6.45, 7) is 1.24. The van der Waals surface area contributed by atoms with Crippen molar-refractivity contribution in [3.8, 4) is 0 Å². The van der Waals surface area contributed by atoms with Crippen molar-refractivity contribution in [3.63, 3.8) is 0 Å². The van der Waals surface area contributed by atoms with Crippen molar-refractivity contribution in [3.05, 3.63) is 108 Å². The maximum Gasteiger partial charge on any atom is 0.298 e. The number of carbonyl (C=O) groups excluding carboxylic acids is 1. The van der Waals surface area contributed by atoms with Gasteiger partial charge >= 0.3 is 0 Å². The summed E-state index contributed by atoms with van der Waals surface area (Å²) in [4.78, 5) is 14.5. The van der Waals surface area contributed by atoms with Crippen molar-refractivity contribution < 1.29 is 4.79 Å². The molecule has 1 heterocycles. The lowest BCUT2D eigenvalue weighted by molar-refractivity contribution is 0.206. The zero-order chi connectivity index (χ0) is 17.8. The molecule has 3 aromatic carbocycles. The Hall–Kier alpha value is -2.56. The van der Waals surface area contributed by atoms with E-state index >= 15 is 0 Å². The summed E-state index contributed by atoms with van der Waals surface area (Å²) >= 11 is 1.31. The summed E-state index contributed by atoms with van der Waals surface area (Å²) in [6, 6.07) is 31.0. The Morgan fingerprint density at radius 1 is 0.769 bits per heavy atom. The first-order chi connectivity index (χ1) is 12.8. The fourth-order valence-corrected chi connectivity index (χ4v) is 4.25. The molecule has 1 saturated heterocycles. The first-order valence-corrected chi connectivity index (χ1v) is 9.46. The van der Waals surface area contributed by atoms with Crippen LogP contribution in [0.1, 0.15) is 22.7 Å². The maximum atomic E-state index is 12.6. The standard InChI is InChI=1S/C22H20N2OS/c25-22-23(16-18-10-4-1-5-11-18)17-24(26-22)21(19-12-6-2-7-13-19)20-14-8-3-9-15-20/h1-15,21H,16-17H2. The van der Waals surface area contributed by atoms with Crippen LogP contribution in [0.25, 0.3) is 0 Å². The highest BCUT2D eigenvalue weighted by molar-refractivity contribution is 8.11. The Labute approximate surface area is 158 Å². The van der Waals surface area contributed by atoms with Crippen molar-refractivity contribution in [2.75, 3.05) is 6.67 Å². The van der Waals surface area contributed by atoms with Crippen LogP contribution in [0.2, 0.25) is 0 Å². The lowest BCUT2D eigenvalue weighted by Crippen LogP contribution is -2.28. The van der Waals surface area contributed by atoms with Gasteiger partial charge in [0.1, 0.15) is 0 Å². The van der Waals surface area contributed by atoms with Crippen molar-refractivity contribution in [2.24, 2.45) is 0 Å². The van der Waals surface area contributed by atoms with Gasteiger partial charge in [0.2, 0.25) is 0 Å². The second-order valence-corrected chi connectivity index (χ2v) is 7.32. The minimum absolute atomic E-state index is 0.0483. The van der Waals surface area contributed by atoms with E-state index in [-0.39, 0.29) is 11.3 Å². The largest absolute Gasteiger partial charge is 0.314 e. The highest BCUT2D eigenvalue weighted by atomic mass is 32.2. The van der Waals surface area contributed by atoms with E-state index in [9.17, 15) is 4.79 Å². The molecule has 0 spiro atoms. The van der Waals surface area contributed by atoms with Crippen LogP contribution in [0, 0.1) is 0 Å². The summed E-state index contributed by atoms with van der Waals surface area (Å²) in [7, 11) is 0. The van der Waals surface area contributed by atoms with Crippen LogP contribution in [0.15, 0.2) is 91.0 Å². The predicted octanol–water partition coefficient (Wildman–Crippen LogP) is 5.32. The summed E-state index contributed by atoms with van der Waals surface area (Å²) < 4.78 is 2.18. The maximum absolute atomic E-state index is 12.6. The highest BCUT2D eigenvalue weighted by Gasteiger charge is 2.35. The molecule has 1 aliphatic heterocycles. The average molecular weight is 360 g/mol. The van der Waals surface area contributed by atoms with Gasteiger partial charge in [-0.05, 0) is 16.7 Å². The number of rotatable bonds is 5. The molecule has 0 atom stereocenters. The summed E-state index contributed by atoms with van der Waals surface area (Å²) in [5, 5.41) is 0.103. The number of nitrogens with zero attached hydrogens (tertiary/aromatic N) is 2. The van der Waals surface area contributed by atoms with E-state index < -0.39 is 0 Å². The first-order valence-electron chi connectivity index (χ1n) is 8.68. The molecule has 0 N–H and O–H groups in total. The molecule has 0 aromatic heterocycles. The third kappa shape index (κ3) is 3.66. The highest BCUT2D eigenvalue weighted by Crippen LogP contribution is 2.38. The third-order valence-electron chi connectivity index (χ3n) is 4.50. The molecule has 26 heavy (non-hydrogen) atoms. The second-order valence-electron chi connectivity index (χ2n) is 6.32. The zero-order valence-electron chi connectivity index (χ0n) is 14.4. The average Bonchev–Trinajstić information content (AvgIpc) is 3.04. The van der Waals surface area contributed by atoms with Crippen LogP contribution in [0.4, 0.5) is 4.79 Å². The molecule has 1 amide bonds. The Balaban J connectivity index is 1.60. The predicted molar refractivity (Wildman–Crippen MR) is 106 cm³/mol. The molecular formula is C22H20N2OS. The molecule has 0 saturated carbocycles. The van der Waals surface area contributed by atoms with E-state index in [2.05, 4.69) is 65.0 Å². The molecule has 1 aliphatic rings. The van der Waals surface area contributed by atoms with Gasteiger partial charge < -0.3 is 4.90 Å². The van der Waals surface area contributed by atoms with Gasteiger partial charge in [-0.1, -0.05) is 91.0 Å². The lowest BCUT2D eigenvalue weighted by atomic mass is 9.99. The molecule has 3 nitrogen and oxygen atoms in total. The van der Waals surface area contributed by atoms with Crippen LogP contribution >= 0.6 is 11.9 Å². The molecule has 4 heteroatoms. The molecule has 3 aromatic rings. The van der Waals surface area contributed by atoms with Crippen LogP contribution in [0.3, 0.4) is 0 Å². The summed E-state index contributed by atoms with van der Waals surface area (Å²) in [6.07, 6.45) is 0. The van der Waals surface area contributed by atoms with E-state index in [4.69, 9.17) is 0 Å². The minimum Gasteiger partial charge on any atom is -0.314 e. The van der Waals surface area contributed by atoms with Gasteiger partial charge in [0.25, 0.3) is 5.24 Å². The number of amides is 1. The van der Waals surface area contributed by atoms with Gasteiger partial charge in [-0.2, -0.15) is 0 Å². The fourth-order valence-electron chi connectivity index (χ4n) is 3.26. The van der Waals surface area contributed by atoms with Gasteiger partial charge in [0.05, 0.1) is 12.7 Å². The monoisotopic (exact) mass is 360 g/mol. The Morgan fingerprint density at radius 2 is 1.27 bits per heavy atom. The number of hydrogen-bond acceptors (Lipinski definition) is 3. The normalized spacial score (nSPS) is 15.0. The molecule has 0 unspecified atom stereocenters. The lowest BCUT2D eigenvalue weighted by Gasteiger charge is -2.27. The SMILES string of the molecule is O=C1SN(C(c2ccccc2)c2ccccc2)CN1Cc1ccccc1. The van der Waals surface area contributed by atoms with E-state index in [1.54, 1.807) is 0 Å². The first kappa shape index (κ1) is 16.9. The van der Waals surface area contributed by atoms with Crippen molar-refractivity contribution in [1.29, 1.82) is 0 Å². The number of hydrogen-bond donors (Lipinski definition) is 0. The van der Waals surface area contributed by atoms with Crippen LogP contribution in [-0.4, -0.2) is 21.1 Å². The molecule has 0 radical (unpaired) electrons. The van der Waals surface area contributed by atoms with Crippen LogP contribution in [0.5, 0.6) is 0 Å². The van der Waals surface area contributed by atoms with Crippen molar-refractivity contribution in [2.45, 2.75) is 12.6 Å². The van der Waals surface area contributed by atoms with E-state index in [0.29, 0.717) is 13.2 Å². The van der Waals surface area contributed by atoms with Crippen LogP contribution < -0.4 is 0 Å². The third-order valence-corrected chi connectivity index (χ3v) is 5.47. The Kier molecular flexibility index (Phi) is 5.04. The smallest absolute Gasteiger partial charge is 0.298 e. The van der Waals surface area contributed by atoms with Gasteiger partial charge in [-0.25, -0.2) is 4.31 Å². The Bertz CT molecular complexity index is 816. The van der Waals surface area contributed by atoms with Crippen molar-refractivity contribution >= 4 is 17.2 Å². The molecule has 4 rings (SSSR count). The molecule has 0 aliphatic carbocycles. The second kappa shape index (κ2) is 7.77. The number of carbonyl (C=O) groups is 1. The molecule has 130 valence electrons. The summed E-state index contributed by atoms with van der Waals surface area (Å²) in [5.74, 6) is 0. The number of benzene rings is 3. The quantitative estimate of drug-likeness (QED) is 0.575. The Morgan fingerprint density at radius 3 is 1.81 bits per heavy atom. The fraction of sp³-hybridized carbons (Fsp3) is 0.136. The summed E-state index contributed by atoms with van der Waals surface area (Å²) in [5.41, 5.74) is 3.54. The van der Waals surface area contributed by atoms with E-state index in [0.717, 1.165) is 5.56 Å². The van der Waals surface area contributed by atoms with Crippen LogP contribution in [-0.2, 0) is 6.54 Å². The van der Waals surface area contributed by atoms with Crippen molar-refractivity contribution in [1.82, 2.24) is 9.21 Å². The van der Waals surface area contributed by atoms with Gasteiger partial charge in [0, 0.05) is 18.5 Å². The molecular weight excluding hydrogens is 340 g/mol. The van der Waals surface area contributed by atoms with Gasteiger partial charge in [-0.3, -0.25) is 4.79 Å². The van der Waals surface area contributed by atoms with E-state index in [1.165, 1.54) is 23.1 Å². The minimum atomic E-state index is 0.0483. The van der Waals surface area contributed by atoms with Gasteiger partial charge in [-0.15, -0.1) is 0 Å². The molecule has 0 bridgehead atoms. The molecule has 1 fully saturated rings. The van der Waals surface area contributed by atoms with E-state index in [1.807, 2.05) is 35.2 Å². The topological polar surface area (TPSA) is 23.6 Å². The zero-order valence-corrected chi connectivity index (χ0v) is 15.2. The van der Waals surface area contributed by atoms with Gasteiger partial charge in [0.15, 0.2) is 0 Å².